The van der Waals surface area contributed by atoms with Crippen molar-refractivity contribution in [3.8, 4) is 0 Å². The molecule has 0 amide bonds. The fourth-order valence-corrected chi connectivity index (χ4v) is 5.43. The van der Waals surface area contributed by atoms with E-state index in [1.165, 1.54) is 148 Å². The largest absolute Gasteiger partial charge is 0.315 e. The van der Waals surface area contributed by atoms with Crippen molar-refractivity contribution in [1.82, 2.24) is 21.3 Å². The number of unbranched alkanes of at least 4 members (excludes halogenated alkanes) is 16. The molecule has 4 N–H and O–H groups in total. The quantitative estimate of drug-likeness (QED) is 0.0619. The van der Waals surface area contributed by atoms with Gasteiger partial charge in [0.1, 0.15) is 0 Å². The first-order chi connectivity index (χ1) is 18.8. The van der Waals surface area contributed by atoms with E-state index < -0.39 is 0 Å². The van der Waals surface area contributed by atoms with Gasteiger partial charge >= 0.3 is 0 Å². The Morgan fingerprint density at radius 1 is 0.289 bits per heavy atom. The van der Waals surface area contributed by atoms with E-state index in [0.29, 0.717) is 0 Å². The van der Waals surface area contributed by atoms with Crippen molar-refractivity contribution in [2.24, 2.45) is 5.92 Å². The lowest BCUT2D eigenvalue weighted by molar-refractivity contribution is 0.372. The molecule has 0 aliphatic rings. The van der Waals surface area contributed by atoms with Crippen LogP contribution >= 0.6 is 0 Å². The van der Waals surface area contributed by atoms with Crippen LogP contribution in [0.15, 0.2) is 0 Å². The van der Waals surface area contributed by atoms with Gasteiger partial charge in [0, 0.05) is 39.3 Å². The van der Waals surface area contributed by atoms with E-state index >= 15 is 0 Å². The van der Waals surface area contributed by atoms with Crippen molar-refractivity contribution in [2.75, 3.05) is 52.4 Å². The summed E-state index contributed by atoms with van der Waals surface area (Å²) in [4.78, 5) is 0. The highest BCUT2D eigenvalue weighted by molar-refractivity contribution is 4.64. The third kappa shape index (κ3) is 32.1. The van der Waals surface area contributed by atoms with E-state index in [9.17, 15) is 0 Å². The molecule has 0 aliphatic carbocycles. The maximum atomic E-state index is 3.72. The fraction of sp³-hybridized carbons (Fsp3) is 1.00. The molecule has 4 heteroatoms. The van der Waals surface area contributed by atoms with Crippen molar-refractivity contribution >= 4 is 0 Å². The van der Waals surface area contributed by atoms with Crippen molar-refractivity contribution in [1.29, 1.82) is 0 Å². The normalized spacial score (nSPS) is 11.7. The van der Waals surface area contributed by atoms with Crippen LogP contribution in [0.3, 0.4) is 0 Å². The molecule has 0 saturated carbocycles. The highest BCUT2D eigenvalue weighted by atomic mass is 15.0. The van der Waals surface area contributed by atoms with Gasteiger partial charge in [-0.3, -0.25) is 0 Å². The molecule has 0 rings (SSSR count). The molecular formula is C34H74N4. The number of rotatable bonds is 34. The summed E-state index contributed by atoms with van der Waals surface area (Å²) in [5.41, 5.74) is 0. The Morgan fingerprint density at radius 2 is 0.605 bits per heavy atom. The maximum absolute atomic E-state index is 3.72. The highest BCUT2D eigenvalue weighted by Crippen LogP contribution is 2.22. The van der Waals surface area contributed by atoms with Crippen LogP contribution in [-0.2, 0) is 0 Å². The molecule has 0 aromatic rings. The van der Waals surface area contributed by atoms with Gasteiger partial charge in [-0.1, -0.05) is 149 Å². The lowest BCUT2D eigenvalue weighted by Crippen LogP contribution is -2.35. The lowest BCUT2D eigenvalue weighted by Gasteiger charge is -2.17. The minimum Gasteiger partial charge on any atom is -0.315 e. The van der Waals surface area contributed by atoms with Crippen LogP contribution in [0.2, 0.25) is 0 Å². The molecule has 38 heavy (non-hydrogen) atoms. The molecular weight excluding hydrogens is 464 g/mol. The van der Waals surface area contributed by atoms with Gasteiger partial charge in [-0.25, -0.2) is 0 Å². The average Bonchev–Trinajstić information content (AvgIpc) is 2.93. The summed E-state index contributed by atoms with van der Waals surface area (Å²) in [6.45, 7) is 15.6. The van der Waals surface area contributed by atoms with Gasteiger partial charge in [-0.05, 0) is 31.8 Å². The maximum Gasteiger partial charge on any atom is 0.00772 e. The second kappa shape index (κ2) is 34.9. The van der Waals surface area contributed by atoms with Crippen LogP contribution in [0.1, 0.15) is 162 Å². The molecule has 0 spiro atoms. The Kier molecular flexibility index (Phi) is 34.7. The van der Waals surface area contributed by atoms with Crippen LogP contribution in [0.25, 0.3) is 0 Å². The summed E-state index contributed by atoms with van der Waals surface area (Å²) in [7, 11) is 0. The van der Waals surface area contributed by atoms with Gasteiger partial charge in [0.15, 0.2) is 0 Å². The zero-order valence-corrected chi connectivity index (χ0v) is 26.8. The lowest BCUT2D eigenvalue weighted by atomic mass is 9.91. The molecule has 0 aliphatic heterocycles. The second-order valence-corrected chi connectivity index (χ2v) is 11.9. The monoisotopic (exact) mass is 539 g/mol. The van der Waals surface area contributed by atoms with Gasteiger partial charge in [0.25, 0.3) is 0 Å². The molecule has 0 atom stereocenters. The Labute approximate surface area is 241 Å². The van der Waals surface area contributed by atoms with Crippen LogP contribution < -0.4 is 21.3 Å². The van der Waals surface area contributed by atoms with Crippen molar-refractivity contribution in [2.45, 2.75) is 162 Å². The first kappa shape index (κ1) is 37.8. The van der Waals surface area contributed by atoms with Crippen LogP contribution in [-0.4, -0.2) is 52.4 Å². The zero-order chi connectivity index (χ0) is 27.6. The summed E-state index contributed by atoms with van der Waals surface area (Å²) in [5, 5.41) is 14.2. The predicted molar refractivity (Wildman–Crippen MR) is 174 cm³/mol. The van der Waals surface area contributed by atoms with Gasteiger partial charge < -0.3 is 21.3 Å². The van der Waals surface area contributed by atoms with E-state index in [-0.39, 0.29) is 0 Å². The van der Waals surface area contributed by atoms with Gasteiger partial charge in [-0.2, -0.15) is 0 Å². The molecule has 0 radical (unpaired) electrons. The molecule has 0 heterocycles. The highest BCUT2D eigenvalue weighted by Gasteiger charge is 2.08. The summed E-state index contributed by atoms with van der Waals surface area (Å²) >= 11 is 0. The topological polar surface area (TPSA) is 48.1 Å². The molecule has 0 unspecified atom stereocenters. The van der Waals surface area contributed by atoms with E-state index in [1.54, 1.807) is 0 Å². The Bertz CT molecular complexity index is 382. The minimum absolute atomic E-state index is 0.940. The van der Waals surface area contributed by atoms with Gasteiger partial charge in [0.05, 0.1) is 0 Å². The first-order valence-corrected chi connectivity index (χ1v) is 17.7. The van der Waals surface area contributed by atoms with E-state index in [1.807, 2.05) is 0 Å². The third-order valence-electron chi connectivity index (χ3n) is 8.02. The fourth-order valence-electron chi connectivity index (χ4n) is 5.43. The molecule has 230 valence electrons. The zero-order valence-electron chi connectivity index (χ0n) is 26.8. The molecule has 0 aromatic carbocycles. The first-order valence-electron chi connectivity index (χ1n) is 17.7. The van der Waals surface area contributed by atoms with Crippen LogP contribution in [0.4, 0.5) is 0 Å². The van der Waals surface area contributed by atoms with Gasteiger partial charge in [-0.15, -0.1) is 0 Å². The standard InChI is InChI=1S/C34H74N4/c1-4-7-9-11-13-15-17-19-21-23-34(24-22-20-18-16-14-12-10-8-5-2)25-27-36-29-31-38-33-32-37-30-28-35-26-6-3/h34-38H,4-33H2,1-3H3. The summed E-state index contributed by atoms with van der Waals surface area (Å²) in [5.74, 6) is 0.940. The van der Waals surface area contributed by atoms with Crippen LogP contribution in [0.5, 0.6) is 0 Å². The number of nitrogens with one attached hydrogen (secondary N) is 4. The van der Waals surface area contributed by atoms with Crippen LogP contribution in [0, 0.1) is 5.92 Å². The van der Waals surface area contributed by atoms with Crippen molar-refractivity contribution in [3.63, 3.8) is 0 Å². The number of hydrogen-bond donors (Lipinski definition) is 4. The third-order valence-corrected chi connectivity index (χ3v) is 8.02. The van der Waals surface area contributed by atoms with Crippen molar-refractivity contribution < 1.29 is 0 Å². The minimum atomic E-state index is 0.940. The molecule has 0 aromatic heterocycles. The number of hydrogen-bond acceptors (Lipinski definition) is 4. The van der Waals surface area contributed by atoms with E-state index in [4.69, 9.17) is 0 Å². The Hall–Kier alpha value is -0.160. The Balaban J connectivity index is 3.84. The van der Waals surface area contributed by atoms with Gasteiger partial charge in [0.2, 0.25) is 0 Å². The Morgan fingerprint density at radius 3 is 0.974 bits per heavy atom. The summed E-state index contributed by atoms with van der Waals surface area (Å²) in [6.07, 6.45) is 31.5. The second-order valence-electron chi connectivity index (χ2n) is 11.9. The molecule has 0 saturated heterocycles. The SMILES string of the molecule is CCCCCCCCCCCC(CCCCCCCCCCC)CCNCCNCCNCCNCCC. The summed E-state index contributed by atoms with van der Waals surface area (Å²) < 4.78 is 0. The molecule has 0 bridgehead atoms. The van der Waals surface area contributed by atoms with E-state index in [2.05, 4.69) is 42.0 Å². The summed E-state index contributed by atoms with van der Waals surface area (Å²) in [6, 6.07) is 0. The van der Waals surface area contributed by atoms with Crippen molar-refractivity contribution in [3.05, 3.63) is 0 Å². The smallest absolute Gasteiger partial charge is 0.00772 e. The molecule has 4 nitrogen and oxygen atoms in total. The average molecular weight is 539 g/mol. The predicted octanol–water partition coefficient (Wildman–Crippen LogP) is 8.60. The molecule has 0 fully saturated rings. The van der Waals surface area contributed by atoms with E-state index in [0.717, 1.165) is 51.7 Å².